The summed E-state index contributed by atoms with van der Waals surface area (Å²) in [6.45, 7) is 9.71. The van der Waals surface area contributed by atoms with Crippen molar-refractivity contribution < 1.29 is 0 Å². The smallest absolute Gasteiger partial charge is 0.0294 e. The Morgan fingerprint density at radius 2 is 1.43 bits per heavy atom. The van der Waals surface area contributed by atoms with Gasteiger partial charge in [0, 0.05) is 0 Å². The summed E-state index contributed by atoms with van der Waals surface area (Å²) in [6.07, 6.45) is 7.69. The quantitative estimate of drug-likeness (QED) is 0.607. The van der Waals surface area contributed by atoms with Crippen molar-refractivity contribution in [3.05, 3.63) is 0 Å². The van der Waals surface area contributed by atoms with Crippen molar-refractivity contribution >= 4 is 0 Å². The van der Waals surface area contributed by atoms with Crippen molar-refractivity contribution in [1.29, 1.82) is 0 Å². The van der Waals surface area contributed by atoms with Crippen molar-refractivity contribution in [2.75, 3.05) is 0 Å². The molecule has 0 N–H and O–H groups in total. The lowest BCUT2D eigenvalue weighted by Crippen LogP contribution is -2.32. The van der Waals surface area contributed by atoms with E-state index in [-0.39, 0.29) is 0 Å². The molecule has 0 saturated heterocycles. The Kier molecular flexibility index (Phi) is 2.66. The first-order valence-electron chi connectivity index (χ1n) is 6.54. The van der Waals surface area contributed by atoms with Crippen LogP contribution in [0.4, 0.5) is 0 Å². The first-order valence-corrected chi connectivity index (χ1v) is 6.54. The van der Waals surface area contributed by atoms with E-state index in [4.69, 9.17) is 0 Å². The largest absolute Gasteiger partial charge is 0.0625 e. The maximum absolute atomic E-state index is 2.43. The molecule has 2 atom stereocenters. The second kappa shape index (κ2) is 3.54. The van der Waals surface area contributed by atoms with Crippen LogP contribution >= 0.6 is 0 Å². The van der Waals surface area contributed by atoms with Gasteiger partial charge >= 0.3 is 0 Å². The molecule has 2 saturated carbocycles. The van der Waals surface area contributed by atoms with Crippen molar-refractivity contribution in [1.82, 2.24) is 0 Å². The average Bonchev–Trinajstić information content (AvgIpc) is 2.84. The van der Waals surface area contributed by atoms with Crippen LogP contribution in [0, 0.1) is 29.1 Å². The number of rotatable bonds is 2. The summed E-state index contributed by atoms with van der Waals surface area (Å²) in [7, 11) is 0. The lowest BCUT2D eigenvalue weighted by atomic mass is 9.64. The highest BCUT2D eigenvalue weighted by Crippen LogP contribution is 2.60. The molecule has 2 rings (SSSR count). The molecule has 2 unspecified atom stereocenters. The Balaban J connectivity index is 2.04. The van der Waals surface area contributed by atoms with Crippen LogP contribution < -0.4 is 0 Å². The van der Waals surface area contributed by atoms with Gasteiger partial charge in [0.15, 0.2) is 0 Å². The van der Waals surface area contributed by atoms with Gasteiger partial charge in [-0.3, -0.25) is 0 Å². The van der Waals surface area contributed by atoms with Gasteiger partial charge in [-0.2, -0.15) is 0 Å². The van der Waals surface area contributed by atoms with Crippen molar-refractivity contribution in [3.8, 4) is 0 Å². The van der Waals surface area contributed by atoms with Crippen LogP contribution in [0.15, 0.2) is 0 Å². The highest BCUT2D eigenvalue weighted by Gasteiger charge is 2.49. The minimum absolute atomic E-state index is 0.848. The second-order valence-electron chi connectivity index (χ2n) is 6.56. The summed E-state index contributed by atoms with van der Waals surface area (Å²) in [5.74, 6) is 3.84. The zero-order chi connectivity index (χ0) is 10.3. The average molecular weight is 194 g/mol. The van der Waals surface area contributed by atoms with Gasteiger partial charge in [0.1, 0.15) is 0 Å². The van der Waals surface area contributed by atoms with Crippen LogP contribution in [0.3, 0.4) is 0 Å². The SMILES string of the molecule is CC(C)C1CCC2(CC2)CC1C(C)C. The zero-order valence-electron chi connectivity index (χ0n) is 10.3. The van der Waals surface area contributed by atoms with Gasteiger partial charge in [-0.15, -0.1) is 0 Å². The number of hydrogen-bond donors (Lipinski definition) is 0. The highest BCUT2D eigenvalue weighted by molar-refractivity contribution is 5.00. The zero-order valence-corrected chi connectivity index (χ0v) is 10.3. The molecule has 0 aromatic rings. The number of hydrogen-bond acceptors (Lipinski definition) is 0. The maximum atomic E-state index is 2.43. The Labute approximate surface area is 89.5 Å². The van der Waals surface area contributed by atoms with Crippen LogP contribution in [-0.4, -0.2) is 0 Å². The highest BCUT2D eigenvalue weighted by atomic mass is 14.5. The fourth-order valence-electron chi connectivity index (χ4n) is 3.63. The molecule has 2 aliphatic rings. The first kappa shape index (κ1) is 10.5. The van der Waals surface area contributed by atoms with Gasteiger partial charge in [-0.1, -0.05) is 27.7 Å². The molecule has 0 radical (unpaired) electrons. The Hall–Kier alpha value is 0. The van der Waals surface area contributed by atoms with E-state index in [2.05, 4.69) is 27.7 Å². The van der Waals surface area contributed by atoms with Crippen LogP contribution in [-0.2, 0) is 0 Å². The summed E-state index contributed by atoms with van der Waals surface area (Å²) >= 11 is 0. The standard InChI is InChI=1S/C14H26/c1-10(2)12-5-6-14(7-8-14)9-13(12)11(3)4/h10-13H,5-9H2,1-4H3. The molecule has 0 aromatic carbocycles. The van der Waals surface area contributed by atoms with Gasteiger partial charge in [-0.25, -0.2) is 0 Å². The fourth-order valence-corrected chi connectivity index (χ4v) is 3.63. The van der Waals surface area contributed by atoms with Gasteiger partial charge in [0.25, 0.3) is 0 Å². The minimum Gasteiger partial charge on any atom is -0.0625 e. The van der Waals surface area contributed by atoms with Crippen LogP contribution in [0.25, 0.3) is 0 Å². The van der Waals surface area contributed by atoms with Gasteiger partial charge in [-0.05, 0) is 61.2 Å². The minimum atomic E-state index is 0.848. The lowest BCUT2D eigenvalue weighted by molar-refractivity contribution is 0.0895. The molecule has 0 bridgehead atoms. The molecule has 0 nitrogen and oxygen atoms in total. The molecular weight excluding hydrogens is 168 g/mol. The molecule has 0 amide bonds. The molecule has 0 aromatic heterocycles. The summed E-state index contributed by atoms with van der Waals surface area (Å²) in [5, 5.41) is 0. The maximum Gasteiger partial charge on any atom is -0.0294 e. The van der Waals surface area contributed by atoms with E-state index >= 15 is 0 Å². The molecule has 0 heterocycles. The van der Waals surface area contributed by atoms with E-state index in [9.17, 15) is 0 Å². The Bertz CT molecular complexity index is 198. The summed E-state index contributed by atoms with van der Waals surface area (Å²) < 4.78 is 0. The predicted molar refractivity (Wildman–Crippen MR) is 62.2 cm³/mol. The van der Waals surface area contributed by atoms with Crippen molar-refractivity contribution in [3.63, 3.8) is 0 Å². The Morgan fingerprint density at radius 3 is 1.86 bits per heavy atom. The Morgan fingerprint density at radius 1 is 0.857 bits per heavy atom. The van der Waals surface area contributed by atoms with Gasteiger partial charge in [0.2, 0.25) is 0 Å². The monoisotopic (exact) mass is 194 g/mol. The molecule has 0 aliphatic heterocycles. The normalized spacial score (nSPS) is 35.6. The van der Waals surface area contributed by atoms with Gasteiger partial charge < -0.3 is 0 Å². The van der Waals surface area contributed by atoms with E-state index in [1.54, 1.807) is 25.7 Å². The fraction of sp³-hybridized carbons (Fsp3) is 1.00. The molecule has 14 heavy (non-hydrogen) atoms. The predicted octanol–water partition coefficient (Wildman–Crippen LogP) is 4.49. The summed E-state index contributed by atoms with van der Waals surface area (Å²) in [4.78, 5) is 0. The van der Waals surface area contributed by atoms with Crippen LogP contribution in [0.2, 0.25) is 0 Å². The van der Waals surface area contributed by atoms with E-state index in [0.29, 0.717) is 0 Å². The third kappa shape index (κ3) is 1.85. The van der Waals surface area contributed by atoms with E-state index in [0.717, 1.165) is 29.1 Å². The van der Waals surface area contributed by atoms with Crippen molar-refractivity contribution in [2.24, 2.45) is 29.1 Å². The van der Waals surface area contributed by atoms with E-state index < -0.39 is 0 Å². The molecule has 82 valence electrons. The van der Waals surface area contributed by atoms with Crippen molar-refractivity contribution in [2.45, 2.75) is 59.8 Å². The second-order valence-corrected chi connectivity index (χ2v) is 6.56. The third-order valence-electron chi connectivity index (χ3n) is 4.90. The lowest BCUT2D eigenvalue weighted by Gasteiger charge is -2.41. The van der Waals surface area contributed by atoms with Gasteiger partial charge in [0.05, 0.1) is 0 Å². The summed E-state index contributed by atoms with van der Waals surface area (Å²) in [6, 6.07) is 0. The summed E-state index contributed by atoms with van der Waals surface area (Å²) in [5.41, 5.74) is 0.848. The van der Waals surface area contributed by atoms with Crippen LogP contribution in [0.5, 0.6) is 0 Å². The van der Waals surface area contributed by atoms with E-state index in [1.165, 1.54) is 6.42 Å². The first-order chi connectivity index (χ1) is 6.54. The topological polar surface area (TPSA) is 0 Å². The molecule has 0 heteroatoms. The molecule has 2 fully saturated rings. The molecule has 1 spiro atoms. The van der Waals surface area contributed by atoms with E-state index in [1.807, 2.05) is 0 Å². The molecular formula is C14H26. The van der Waals surface area contributed by atoms with Crippen LogP contribution in [0.1, 0.15) is 59.8 Å². The third-order valence-corrected chi connectivity index (χ3v) is 4.90. The molecule has 2 aliphatic carbocycles.